The van der Waals surface area contributed by atoms with Gasteiger partial charge in [-0.15, -0.1) is 0 Å². The molecule has 108 valence electrons. The van der Waals surface area contributed by atoms with Crippen LogP contribution in [0.5, 0.6) is 0 Å². The third kappa shape index (κ3) is 1.92. The minimum atomic E-state index is -1.74. The summed E-state index contributed by atoms with van der Waals surface area (Å²) >= 11 is 0. The van der Waals surface area contributed by atoms with Gasteiger partial charge in [0.15, 0.2) is 0 Å². The molecule has 0 aromatic carbocycles. The lowest BCUT2D eigenvalue weighted by atomic mass is 9.88. The Morgan fingerprint density at radius 1 is 1.47 bits per heavy atom. The molecule has 19 heavy (non-hydrogen) atoms. The van der Waals surface area contributed by atoms with Gasteiger partial charge in [-0.05, 0) is 12.8 Å². The van der Waals surface area contributed by atoms with Crippen molar-refractivity contribution in [2.24, 2.45) is 11.8 Å². The molecule has 0 spiro atoms. The Bertz CT molecular complexity index is 400. The van der Waals surface area contributed by atoms with E-state index in [2.05, 4.69) is 0 Å². The first kappa shape index (κ1) is 14.2. The fourth-order valence-corrected chi connectivity index (χ4v) is 2.86. The molecule has 0 radical (unpaired) electrons. The molecule has 7 heteroatoms. The number of hydrazine groups is 1. The summed E-state index contributed by atoms with van der Waals surface area (Å²) in [7, 11) is 0. The van der Waals surface area contributed by atoms with Crippen molar-refractivity contribution in [2.75, 3.05) is 6.54 Å². The highest BCUT2D eigenvalue weighted by Crippen LogP contribution is 2.42. The van der Waals surface area contributed by atoms with Crippen LogP contribution in [0, 0.1) is 5.92 Å². The molecular formula is C12H21N3O4. The molecule has 2 saturated heterocycles. The van der Waals surface area contributed by atoms with Gasteiger partial charge >= 0.3 is 0 Å². The number of carbonyl (C=O) groups is 2. The van der Waals surface area contributed by atoms with E-state index in [1.165, 1.54) is 4.90 Å². The predicted molar refractivity (Wildman–Crippen MR) is 66.1 cm³/mol. The minimum absolute atomic E-state index is 0.311. The van der Waals surface area contributed by atoms with Gasteiger partial charge in [-0.3, -0.25) is 19.9 Å². The summed E-state index contributed by atoms with van der Waals surface area (Å²) in [6, 6.07) is 0. The number of nitrogens with one attached hydrogen (secondary N) is 1. The van der Waals surface area contributed by atoms with E-state index in [1.54, 1.807) is 13.8 Å². The highest BCUT2D eigenvalue weighted by Gasteiger charge is 2.65. The van der Waals surface area contributed by atoms with Gasteiger partial charge in [-0.1, -0.05) is 20.3 Å². The SMILES string of the molecule is CC(C)C1(C(=O)NN)OC2(O)CCCCCN2C1=O. The molecule has 2 atom stereocenters. The van der Waals surface area contributed by atoms with Crippen LogP contribution in [0.3, 0.4) is 0 Å². The fourth-order valence-electron chi connectivity index (χ4n) is 2.86. The Morgan fingerprint density at radius 2 is 2.16 bits per heavy atom. The van der Waals surface area contributed by atoms with Crippen LogP contribution in [0.1, 0.15) is 39.5 Å². The fraction of sp³-hybridized carbons (Fsp3) is 0.833. The first-order valence-corrected chi connectivity index (χ1v) is 6.64. The van der Waals surface area contributed by atoms with Crippen LogP contribution in [-0.2, 0) is 14.3 Å². The molecule has 2 aliphatic rings. The molecule has 0 aromatic rings. The Labute approximate surface area is 112 Å². The van der Waals surface area contributed by atoms with Gasteiger partial charge in [0.2, 0.25) is 5.60 Å². The highest BCUT2D eigenvalue weighted by atomic mass is 16.7. The maximum Gasteiger partial charge on any atom is 0.276 e. The van der Waals surface area contributed by atoms with E-state index >= 15 is 0 Å². The zero-order valence-corrected chi connectivity index (χ0v) is 11.3. The van der Waals surface area contributed by atoms with Crippen molar-refractivity contribution in [1.29, 1.82) is 0 Å². The minimum Gasteiger partial charge on any atom is -0.349 e. The number of rotatable bonds is 2. The summed E-state index contributed by atoms with van der Waals surface area (Å²) < 4.78 is 5.59. The maximum absolute atomic E-state index is 12.6. The van der Waals surface area contributed by atoms with E-state index in [1.807, 2.05) is 5.43 Å². The monoisotopic (exact) mass is 271 g/mol. The van der Waals surface area contributed by atoms with E-state index in [4.69, 9.17) is 10.6 Å². The van der Waals surface area contributed by atoms with Crippen LogP contribution in [0.25, 0.3) is 0 Å². The molecule has 0 aliphatic carbocycles. The second-order valence-corrected chi connectivity index (χ2v) is 5.48. The average molecular weight is 271 g/mol. The lowest BCUT2D eigenvalue weighted by Gasteiger charge is -2.30. The van der Waals surface area contributed by atoms with Crippen LogP contribution < -0.4 is 11.3 Å². The molecule has 2 fully saturated rings. The van der Waals surface area contributed by atoms with E-state index in [0.717, 1.165) is 19.3 Å². The summed E-state index contributed by atoms with van der Waals surface area (Å²) in [5.41, 5.74) is 0.244. The first-order chi connectivity index (χ1) is 8.88. The summed E-state index contributed by atoms with van der Waals surface area (Å²) in [5, 5.41) is 10.6. The van der Waals surface area contributed by atoms with Gasteiger partial charge in [0.05, 0.1) is 0 Å². The maximum atomic E-state index is 12.6. The van der Waals surface area contributed by atoms with E-state index < -0.39 is 29.2 Å². The highest BCUT2D eigenvalue weighted by molar-refractivity contribution is 6.10. The van der Waals surface area contributed by atoms with Crippen LogP contribution in [-0.4, -0.2) is 39.9 Å². The number of hydrogen-bond acceptors (Lipinski definition) is 5. The Kier molecular flexibility index (Phi) is 3.55. The van der Waals surface area contributed by atoms with E-state index in [0.29, 0.717) is 13.0 Å². The van der Waals surface area contributed by atoms with Crippen molar-refractivity contribution in [3.8, 4) is 0 Å². The Morgan fingerprint density at radius 3 is 2.74 bits per heavy atom. The molecular weight excluding hydrogens is 250 g/mol. The molecule has 7 nitrogen and oxygen atoms in total. The number of amides is 2. The third-order valence-electron chi connectivity index (χ3n) is 3.97. The zero-order valence-electron chi connectivity index (χ0n) is 11.3. The van der Waals surface area contributed by atoms with Crippen molar-refractivity contribution in [2.45, 2.75) is 51.0 Å². The second kappa shape index (κ2) is 4.73. The van der Waals surface area contributed by atoms with Gasteiger partial charge in [-0.2, -0.15) is 0 Å². The molecule has 2 heterocycles. The second-order valence-electron chi connectivity index (χ2n) is 5.48. The van der Waals surface area contributed by atoms with Crippen LogP contribution in [0.2, 0.25) is 0 Å². The molecule has 2 aliphatic heterocycles. The van der Waals surface area contributed by atoms with Gasteiger partial charge in [0.1, 0.15) is 0 Å². The van der Waals surface area contributed by atoms with Gasteiger partial charge in [0.25, 0.3) is 17.7 Å². The number of ether oxygens (including phenoxy) is 1. The Hall–Kier alpha value is -1.18. The van der Waals surface area contributed by atoms with Crippen LogP contribution in [0.4, 0.5) is 0 Å². The van der Waals surface area contributed by atoms with Gasteiger partial charge in [-0.25, -0.2) is 5.84 Å². The predicted octanol–water partition coefficient (Wildman–Crippen LogP) is -0.550. The topological polar surface area (TPSA) is 105 Å². The van der Waals surface area contributed by atoms with Gasteiger partial charge in [0, 0.05) is 18.9 Å². The average Bonchev–Trinajstić information content (AvgIpc) is 2.51. The largest absolute Gasteiger partial charge is 0.349 e. The smallest absolute Gasteiger partial charge is 0.276 e. The lowest BCUT2D eigenvalue weighted by Crippen LogP contribution is -2.58. The van der Waals surface area contributed by atoms with E-state index in [9.17, 15) is 14.7 Å². The summed E-state index contributed by atoms with van der Waals surface area (Å²) in [6.07, 6.45) is 2.77. The van der Waals surface area contributed by atoms with E-state index in [-0.39, 0.29) is 0 Å². The number of aliphatic hydroxyl groups is 1. The first-order valence-electron chi connectivity index (χ1n) is 6.64. The summed E-state index contributed by atoms with van der Waals surface area (Å²) in [5.74, 6) is 1.83. The van der Waals surface area contributed by atoms with Crippen molar-refractivity contribution in [3.63, 3.8) is 0 Å². The number of fused-ring (bicyclic) bond motifs is 1. The van der Waals surface area contributed by atoms with Crippen molar-refractivity contribution in [1.82, 2.24) is 10.3 Å². The number of nitrogens with zero attached hydrogens (tertiary/aromatic N) is 1. The molecule has 0 saturated carbocycles. The molecule has 2 rings (SSSR count). The Balaban J connectivity index is 2.44. The zero-order chi connectivity index (χ0) is 14.3. The molecule has 2 unspecified atom stereocenters. The van der Waals surface area contributed by atoms with Crippen molar-refractivity contribution >= 4 is 11.8 Å². The van der Waals surface area contributed by atoms with Crippen molar-refractivity contribution in [3.05, 3.63) is 0 Å². The quantitative estimate of drug-likeness (QED) is 0.270. The number of nitrogens with two attached hydrogens (primary N) is 1. The summed E-state index contributed by atoms with van der Waals surface area (Å²) in [4.78, 5) is 25.9. The van der Waals surface area contributed by atoms with Crippen LogP contribution in [0.15, 0.2) is 0 Å². The normalized spacial score (nSPS) is 35.2. The third-order valence-corrected chi connectivity index (χ3v) is 3.97. The lowest BCUT2D eigenvalue weighted by molar-refractivity contribution is -0.276. The molecule has 2 amide bonds. The number of hydrogen-bond donors (Lipinski definition) is 3. The van der Waals surface area contributed by atoms with Gasteiger partial charge < -0.3 is 9.84 Å². The molecule has 0 aromatic heterocycles. The summed E-state index contributed by atoms with van der Waals surface area (Å²) in [6.45, 7) is 3.79. The molecule has 4 N–H and O–H groups in total. The molecule has 0 bridgehead atoms. The van der Waals surface area contributed by atoms with Crippen molar-refractivity contribution < 1.29 is 19.4 Å². The standard InChI is InChI=1S/C12H21N3O4/c1-8(2)12(9(16)14-13)10(17)15-7-5-3-4-6-11(15,18)19-12/h8,18H,3-7,13H2,1-2H3,(H,14,16). The van der Waals surface area contributed by atoms with Crippen LogP contribution >= 0.6 is 0 Å². The number of carbonyl (C=O) groups excluding carboxylic acids is 2.